The maximum atomic E-state index is 13.1. The van der Waals surface area contributed by atoms with E-state index in [9.17, 15) is 14.4 Å². The Labute approximate surface area is 140 Å². The Kier molecular flexibility index (Phi) is 3.91. The number of rotatable bonds is 4. The number of anilines is 1. The molecular weight excluding hydrogens is 308 g/mol. The SMILES string of the molecule is C=CCOC(=O)C12CCC(=O)N1c1ccccc1C(=O)N2C(C)C. The second kappa shape index (κ2) is 5.78. The number of hydrogen-bond donors (Lipinski definition) is 0. The van der Waals surface area contributed by atoms with Crippen LogP contribution in [0.15, 0.2) is 36.9 Å². The van der Waals surface area contributed by atoms with Crippen molar-refractivity contribution in [3.63, 3.8) is 0 Å². The fraction of sp³-hybridized carbons (Fsp3) is 0.389. The van der Waals surface area contributed by atoms with E-state index in [1.54, 1.807) is 24.3 Å². The van der Waals surface area contributed by atoms with Gasteiger partial charge in [0, 0.05) is 18.9 Å². The Balaban J connectivity index is 2.22. The predicted molar refractivity (Wildman–Crippen MR) is 88.4 cm³/mol. The van der Waals surface area contributed by atoms with E-state index in [4.69, 9.17) is 4.74 Å². The lowest BCUT2D eigenvalue weighted by molar-refractivity contribution is -0.157. The van der Waals surface area contributed by atoms with Crippen molar-refractivity contribution in [1.82, 2.24) is 4.90 Å². The number of carbonyl (C=O) groups is 3. The molecule has 1 aromatic carbocycles. The van der Waals surface area contributed by atoms with Gasteiger partial charge in [-0.2, -0.15) is 0 Å². The van der Waals surface area contributed by atoms with Crippen molar-refractivity contribution >= 4 is 23.5 Å². The molecule has 2 heterocycles. The second-order valence-corrected chi connectivity index (χ2v) is 6.22. The molecule has 1 aromatic rings. The van der Waals surface area contributed by atoms with Gasteiger partial charge in [-0.15, -0.1) is 0 Å². The van der Waals surface area contributed by atoms with Crippen molar-refractivity contribution in [2.24, 2.45) is 0 Å². The summed E-state index contributed by atoms with van der Waals surface area (Å²) >= 11 is 0. The van der Waals surface area contributed by atoms with Crippen LogP contribution in [0, 0.1) is 0 Å². The Hall–Kier alpha value is -2.63. The molecule has 3 rings (SSSR count). The second-order valence-electron chi connectivity index (χ2n) is 6.22. The fourth-order valence-electron chi connectivity index (χ4n) is 3.62. The maximum Gasteiger partial charge on any atom is 0.354 e. The molecule has 0 N–H and O–H groups in total. The molecule has 0 aliphatic carbocycles. The highest BCUT2D eigenvalue weighted by atomic mass is 16.5. The molecule has 126 valence electrons. The van der Waals surface area contributed by atoms with Crippen molar-refractivity contribution < 1.29 is 19.1 Å². The topological polar surface area (TPSA) is 66.9 Å². The van der Waals surface area contributed by atoms with Crippen molar-refractivity contribution in [3.05, 3.63) is 42.5 Å². The van der Waals surface area contributed by atoms with Crippen molar-refractivity contribution in [2.45, 2.75) is 38.4 Å². The number of carbonyl (C=O) groups excluding carboxylic acids is 3. The van der Waals surface area contributed by atoms with Crippen LogP contribution in [0.25, 0.3) is 0 Å². The Morgan fingerprint density at radius 1 is 1.38 bits per heavy atom. The van der Waals surface area contributed by atoms with Crippen LogP contribution in [-0.4, -0.2) is 41.0 Å². The van der Waals surface area contributed by atoms with Crippen LogP contribution in [0.3, 0.4) is 0 Å². The first-order valence-electron chi connectivity index (χ1n) is 7.99. The molecule has 0 bridgehead atoms. The largest absolute Gasteiger partial charge is 0.458 e. The van der Waals surface area contributed by atoms with Gasteiger partial charge in [0.1, 0.15) is 6.61 Å². The van der Waals surface area contributed by atoms with E-state index in [0.717, 1.165) is 0 Å². The number of fused-ring (bicyclic) bond motifs is 3. The van der Waals surface area contributed by atoms with Gasteiger partial charge in [-0.25, -0.2) is 4.79 Å². The van der Waals surface area contributed by atoms with Crippen LogP contribution < -0.4 is 4.90 Å². The number of nitrogens with zero attached hydrogens (tertiary/aromatic N) is 2. The van der Waals surface area contributed by atoms with E-state index in [2.05, 4.69) is 6.58 Å². The van der Waals surface area contributed by atoms with Gasteiger partial charge in [0.15, 0.2) is 0 Å². The van der Waals surface area contributed by atoms with E-state index in [1.165, 1.54) is 15.9 Å². The van der Waals surface area contributed by atoms with Crippen molar-refractivity contribution in [2.75, 3.05) is 11.5 Å². The standard InChI is InChI=1S/C18H20N2O4/c1-4-11-24-17(23)18-10-9-15(21)20(18)14-8-6-5-7-13(14)16(22)19(18)12(2)3/h4-8,12H,1,9-11H2,2-3H3. The van der Waals surface area contributed by atoms with Crippen LogP contribution in [0.1, 0.15) is 37.0 Å². The average molecular weight is 328 g/mol. The lowest BCUT2D eigenvalue weighted by Crippen LogP contribution is -2.70. The highest BCUT2D eigenvalue weighted by Gasteiger charge is 2.62. The summed E-state index contributed by atoms with van der Waals surface area (Å²) in [6.45, 7) is 7.23. The fourth-order valence-corrected chi connectivity index (χ4v) is 3.62. The number of benzene rings is 1. The molecule has 0 aromatic heterocycles. The summed E-state index contributed by atoms with van der Waals surface area (Å²) in [6, 6.07) is 6.61. The monoisotopic (exact) mass is 328 g/mol. The zero-order valence-electron chi connectivity index (χ0n) is 13.8. The molecular formula is C18H20N2O4. The molecule has 6 nitrogen and oxygen atoms in total. The number of amides is 2. The summed E-state index contributed by atoms with van der Waals surface area (Å²) in [6.07, 6.45) is 1.88. The summed E-state index contributed by atoms with van der Waals surface area (Å²) in [5, 5.41) is 0. The smallest absolute Gasteiger partial charge is 0.354 e. The minimum absolute atomic E-state index is 0.0321. The third-order valence-electron chi connectivity index (χ3n) is 4.48. The van der Waals surface area contributed by atoms with E-state index < -0.39 is 11.6 Å². The number of para-hydroxylation sites is 1. The first kappa shape index (κ1) is 16.2. The zero-order chi connectivity index (χ0) is 17.5. The van der Waals surface area contributed by atoms with Gasteiger partial charge >= 0.3 is 5.97 Å². The third-order valence-corrected chi connectivity index (χ3v) is 4.48. The normalized spacial score (nSPS) is 22.5. The van der Waals surface area contributed by atoms with E-state index in [-0.39, 0.29) is 37.3 Å². The Bertz CT molecular complexity index is 727. The van der Waals surface area contributed by atoms with E-state index >= 15 is 0 Å². The average Bonchev–Trinajstić information content (AvgIpc) is 2.91. The maximum absolute atomic E-state index is 13.1. The van der Waals surface area contributed by atoms with Gasteiger partial charge in [-0.05, 0) is 26.0 Å². The molecule has 2 amide bonds. The Morgan fingerprint density at radius 2 is 2.08 bits per heavy atom. The van der Waals surface area contributed by atoms with E-state index in [0.29, 0.717) is 11.3 Å². The number of ether oxygens (including phenoxy) is 1. The summed E-state index contributed by atoms with van der Waals surface area (Å²) in [7, 11) is 0. The molecule has 0 radical (unpaired) electrons. The van der Waals surface area contributed by atoms with Crippen molar-refractivity contribution in [1.29, 1.82) is 0 Å². The molecule has 1 fully saturated rings. The highest BCUT2D eigenvalue weighted by molar-refractivity contribution is 6.15. The molecule has 2 aliphatic heterocycles. The van der Waals surface area contributed by atoms with Gasteiger partial charge in [-0.3, -0.25) is 14.5 Å². The van der Waals surface area contributed by atoms with Gasteiger partial charge in [0.25, 0.3) is 5.91 Å². The number of hydrogen-bond acceptors (Lipinski definition) is 4. The molecule has 1 saturated heterocycles. The lowest BCUT2D eigenvalue weighted by atomic mass is 9.95. The molecule has 2 aliphatic rings. The molecule has 24 heavy (non-hydrogen) atoms. The minimum atomic E-state index is -1.42. The molecule has 0 saturated carbocycles. The summed E-state index contributed by atoms with van der Waals surface area (Å²) in [5.74, 6) is -1.04. The summed E-state index contributed by atoms with van der Waals surface area (Å²) in [4.78, 5) is 41.5. The first-order valence-corrected chi connectivity index (χ1v) is 7.99. The van der Waals surface area contributed by atoms with Gasteiger partial charge < -0.3 is 9.64 Å². The third kappa shape index (κ3) is 2.06. The quantitative estimate of drug-likeness (QED) is 0.627. The van der Waals surface area contributed by atoms with Crippen LogP contribution in [0.4, 0.5) is 5.69 Å². The van der Waals surface area contributed by atoms with Crippen LogP contribution in [0.2, 0.25) is 0 Å². The van der Waals surface area contributed by atoms with Gasteiger partial charge in [0.2, 0.25) is 11.6 Å². The first-order chi connectivity index (χ1) is 11.4. The lowest BCUT2D eigenvalue weighted by Gasteiger charge is -2.50. The zero-order valence-corrected chi connectivity index (χ0v) is 13.8. The molecule has 1 unspecified atom stereocenters. The van der Waals surface area contributed by atoms with Crippen molar-refractivity contribution in [3.8, 4) is 0 Å². The number of esters is 1. The molecule has 6 heteroatoms. The van der Waals surface area contributed by atoms with Crippen LogP contribution in [0.5, 0.6) is 0 Å². The molecule has 1 atom stereocenters. The minimum Gasteiger partial charge on any atom is -0.458 e. The molecule has 0 spiro atoms. The summed E-state index contributed by atoms with van der Waals surface area (Å²) in [5.41, 5.74) is -0.522. The Morgan fingerprint density at radius 3 is 2.75 bits per heavy atom. The van der Waals surface area contributed by atoms with Crippen LogP contribution in [-0.2, 0) is 14.3 Å². The predicted octanol–water partition coefficient (Wildman–Crippen LogP) is 2.10. The van der Waals surface area contributed by atoms with E-state index in [1.807, 2.05) is 13.8 Å². The highest BCUT2D eigenvalue weighted by Crippen LogP contribution is 2.45. The van der Waals surface area contributed by atoms with Gasteiger partial charge in [-0.1, -0.05) is 24.8 Å². The summed E-state index contributed by atoms with van der Waals surface area (Å²) < 4.78 is 5.28. The van der Waals surface area contributed by atoms with Crippen LogP contribution >= 0.6 is 0 Å². The van der Waals surface area contributed by atoms with Gasteiger partial charge in [0.05, 0.1) is 11.3 Å².